The Morgan fingerprint density at radius 2 is 1.00 bits per heavy atom. The average molecular weight is 202 g/mol. The van der Waals surface area contributed by atoms with Gasteiger partial charge in [0.05, 0.1) is 0 Å². The molecule has 0 aliphatic carbocycles. The smallest absolute Gasteiger partial charge is 0.291 e. The van der Waals surface area contributed by atoms with Crippen molar-refractivity contribution in [3.05, 3.63) is 40.9 Å². The van der Waals surface area contributed by atoms with Crippen LogP contribution in [0.15, 0.2) is 0 Å². The van der Waals surface area contributed by atoms with E-state index in [1.54, 1.807) is 0 Å². The van der Waals surface area contributed by atoms with Gasteiger partial charge in [0.25, 0.3) is 5.09 Å². The van der Waals surface area contributed by atoms with Crippen LogP contribution < -0.4 is 0 Å². The third-order valence-corrected chi connectivity index (χ3v) is 0. The second kappa shape index (κ2) is 76.3. The molecule has 0 atom stereocenters. The van der Waals surface area contributed by atoms with Crippen LogP contribution >= 0.6 is 0 Å². The number of rotatable bonds is 0. The molecule has 10 heteroatoms. The Morgan fingerprint density at radius 1 is 1.00 bits per heavy atom. The summed E-state index contributed by atoms with van der Waals surface area (Å²) in [6.45, 7) is 0. The van der Waals surface area contributed by atoms with Crippen molar-refractivity contribution < 1.29 is 27.1 Å². The summed E-state index contributed by atoms with van der Waals surface area (Å²) in [6.07, 6.45) is 0. The van der Waals surface area contributed by atoms with E-state index in [0.717, 1.165) is 0 Å². The Morgan fingerprint density at radius 3 is 1.00 bits per heavy atom. The standard InChI is InChI=1S/Co.HNO3.5H2N/c;2-1(3)4;;;;;/h;(H,2,3,4);5*1H2/q;;5*-1. The zero-order valence-corrected chi connectivity index (χ0v) is 5.97. The van der Waals surface area contributed by atoms with E-state index in [9.17, 15) is 0 Å². The number of nitrogens with zero attached hydrogens (tertiary/aromatic N) is 1. The molecule has 0 bridgehead atoms. The summed E-state index contributed by atoms with van der Waals surface area (Å²) in [7, 11) is 0. The fourth-order valence-corrected chi connectivity index (χ4v) is 0. The minimum Gasteiger partial charge on any atom is -0.693 e. The third-order valence-electron chi connectivity index (χ3n) is 0. The van der Waals surface area contributed by atoms with Crippen LogP contribution in [0.4, 0.5) is 0 Å². The molecule has 1 radical (unpaired) electrons. The number of nitrogens with two attached hydrogens (primary N) is 5. The van der Waals surface area contributed by atoms with E-state index >= 15 is 0 Å². The van der Waals surface area contributed by atoms with Crippen LogP contribution in [-0.4, -0.2) is 10.3 Å². The molecule has 0 aromatic carbocycles. The summed E-state index contributed by atoms with van der Waals surface area (Å²) < 4.78 is 0. The van der Waals surface area contributed by atoms with E-state index in [2.05, 4.69) is 0 Å². The van der Waals surface area contributed by atoms with E-state index in [-0.39, 0.29) is 47.5 Å². The summed E-state index contributed by atoms with van der Waals surface area (Å²) in [4.78, 5) is 8.36. The van der Waals surface area contributed by atoms with Crippen LogP contribution in [0.5, 0.6) is 0 Å². The predicted molar refractivity (Wildman–Crippen MR) is 35.2 cm³/mol. The average Bonchev–Trinajstić information content (AvgIpc) is 0.811. The molecule has 0 aromatic rings. The van der Waals surface area contributed by atoms with E-state index < -0.39 is 5.09 Å². The van der Waals surface area contributed by atoms with Gasteiger partial charge in [0.2, 0.25) is 0 Å². The first-order chi connectivity index (χ1) is 1.73. The van der Waals surface area contributed by atoms with Crippen LogP contribution in [0.3, 0.4) is 0 Å². The number of hydrogen-bond donors (Lipinski definition) is 1. The first kappa shape index (κ1) is 109. The molecule has 0 unspecified atom stereocenters. The maximum atomic E-state index is 8.36. The topological polar surface area (TPSA) is 231 Å². The quantitative estimate of drug-likeness (QED) is 0.460. The van der Waals surface area contributed by atoms with Gasteiger partial charge >= 0.3 is 0 Å². The van der Waals surface area contributed by atoms with E-state index in [0.29, 0.717) is 0 Å². The van der Waals surface area contributed by atoms with Gasteiger partial charge in [-0.1, -0.05) is 0 Å². The minimum atomic E-state index is -1.50. The van der Waals surface area contributed by atoms with Crippen molar-refractivity contribution >= 4 is 0 Å². The Labute approximate surface area is 68.8 Å². The molecule has 0 aliphatic rings. The zero-order valence-electron chi connectivity index (χ0n) is 4.93. The van der Waals surface area contributed by atoms with Gasteiger partial charge < -0.3 is 36.0 Å². The van der Waals surface area contributed by atoms with Crippen LogP contribution in [0.1, 0.15) is 0 Å². The van der Waals surface area contributed by atoms with Gasteiger partial charge in [-0.2, -0.15) is 0 Å². The van der Waals surface area contributed by atoms with Crippen LogP contribution in [0.2, 0.25) is 0 Å². The van der Waals surface area contributed by atoms with Gasteiger partial charge in [-0.05, 0) is 0 Å². The molecule has 0 saturated heterocycles. The molecule has 0 spiro atoms. The fourth-order valence-electron chi connectivity index (χ4n) is 0. The Balaban J connectivity index is -0.00000000300. The van der Waals surface area contributed by atoms with E-state index in [4.69, 9.17) is 15.3 Å². The van der Waals surface area contributed by atoms with E-state index in [1.165, 1.54) is 0 Å². The Bertz CT molecular complexity index is 36.0. The van der Waals surface area contributed by atoms with Crippen molar-refractivity contribution in [1.82, 2.24) is 0 Å². The maximum Gasteiger partial charge on any atom is 0.291 e. The van der Waals surface area contributed by atoms with Gasteiger partial charge in [-0.3, -0.25) is 0 Å². The molecule has 73 valence electrons. The molecular weight excluding hydrogens is 191 g/mol. The summed E-state index contributed by atoms with van der Waals surface area (Å²) in [6, 6.07) is 0. The van der Waals surface area contributed by atoms with Gasteiger partial charge in [-0.25, -0.2) is 0 Å². The number of hydrogen-bond acceptors (Lipinski definition) is 2. The summed E-state index contributed by atoms with van der Waals surface area (Å²) in [5, 5.41) is 13.6. The molecule has 0 aromatic heterocycles. The Kier molecular flexibility index (Phi) is 835. The van der Waals surface area contributed by atoms with Gasteiger partial charge in [-0.15, -0.1) is 10.1 Å². The van der Waals surface area contributed by atoms with Crippen LogP contribution in [0.25, 0.3) is 30.8 Å². The molecule has 0 rings (SSSR count). The minimum absolute atomic E-state index is 0. The summed E-state index contributed by atoms with van der Waals surface area (Å²) in [5.74, 6) is 0. The second-order valence-corrected chi connectivity index (χ2v) is 0.238. The van der Waals surface area contributed by atoms with Gasteiger partial charge in [0.15, 0.2) is 0 Å². The molecule has 9 nitrogen and oxygen atoms in total. The first-order valence-electron chi connectivity index (χ1n) is 0.565. The summed E-state index contributed by atoms with van der Waals surface area (Å²) in [5.41, 5.74) is 0. The van der Waals surface area contributed by atoms with E-state index in [1.807, 2.05) is 0 Å². The monoisotopic (exact) mass is 202 g/mol. The van der Waals surface area contributed by atoms with Crippen molar-refractivity contribution in [2.24, 2.45) is 0 Å². The van der Waals surface area contributed by atoms with Crippen molar-refractivity contribution in [2.75, 3.05) is 0 Å². The molecule has 10 heavy (non-hydrogen) atoms. The second-order valence-electron chi connectivity index (χ2n) is 0.238. The van der Waals surface area contributed by atoms with Crippen molar-refractivity contribution in [2.45, 2.75) is 0 Å². The molecule has 0 heterocycles. The normalized spacial score (nSPS) is 2.40. The van der Waals surface area contributed by atoms with Gasteiger partial charge in [0, 0.05) is 16.8 Å². The predicted octanol–water partition coefficient (Wildman–Crippen LogP) is 3.24. The first-order valence-corrected chi connectivity index (χ1v) is 0.565. The zero-order chi connectivity index (χ0) is 3.58. The van der Waals surface area contributed by atoms with Crippen molar-refractivity contribution in [1.29, 1.82) is 0 Å². The SMILES string of the molecule is O=[N+]([O-])O.[Co].[NH2-].[NH2-].[NH2-].[NH2-].[NH2-]. The largest absolute Gasteiger partial charge is 0.693 e. The van der Waals surface area contributed by atoms with Crippen LogP contribution in [-0.2, 0) is 16.8 Å². The summed E-state index contributed by atoms with van der Waals surface area (Å²) >= 11 is 0. The van der Waals surface area contributed by atoms with Crippen molar-refractivity contribution in [3.63, 3.8) is 0 Å². The van der Waals surface area contributed by atoms with Gasteiger partial charge in [0.1, 0.15) is 0 Å². The molecule has 0 fully saturated rings. The Hall–Kier alpha value is -0.494. The molecular formula is H11CoN6O3-5. The molecule has 0 amide bonds. The van der Waals surface area contributed by atoms with Crippen LogP contribution in [0, 0.1) is 10.1 Å². The van der Waals surface area contributed by atoms with Crippen molar-refractivity contribution in [3.8, 4) is 0 Å². The third kappa shape index (κ3) is 1300. The maximum absolute atomic E-state index is 8.36. The fraction of sp³-hybridized carbons (Fsp3) is 0. The molecule has 0 saturated carbocycles. The molecule has 0 aliphatic heterocycles. The molecule has 11 N–H and O–H groups in total.